The van der Waals surface area contributed by atoms with Crippen molar-refractivity contribution in [3.63, 3.8) is 0 Å². The second-order valence-corrected chi connectivity index (χ2v) is 2.53. The number of carboxylic acid groups (broad SMARTS) is 1. The van der Waals surface area contributed by atoms with E-state index in [2.05, 4.69) is 10.4 Å². The number of carboxylic acids is 1. The molecule has 0 bridgehead atoms. The summed E-state index contributed by atoms with van der Waals surface area (Å²) in [5.41, 5.74) is 8.31. The fourth-order valence-electron chi connectivity index (χ4n) is 0.944. The first-order valence-corrected chi connectivity index (χ1v) is 3.68. The summed E-state index contributed by atoms with van der Waals surface area (Å²) in [6, 6.07) is -0.686. The Hall–Kier alpha value is -1.30. The van der Waals surface area contributed by atoms with Gasteiger partial charge < -0.3 is 10.8 Å². The molecular formula is C6H12N4O2. The predicted octanol–water partition coefficient (Wildman–Crippen LogP) is -1.41. The van der Waals surface area contributed by atoms with Gasteiger partial charge in [0.1, 0.15) is 6.04 Å². The zero-order valence-corrected chi connectivity index (χ0v) is 6.82. The molecule has 1 unspecified atom stereocenters. The molecule has 6 nitrogen and oxygen atoms in total. The number of nitrogens with zero attached hydrogens (tertiary/aromatic N) is 2. The molecule has 1 atom stereocenters. The topological polar surface area (TPSA) is 91.0 Å². The Morgan fingerprint density at radius 1 is 1.92 bits per heavy atom. The Balaban J connectivity index is 2.67. The molecule has 12 heavy (non-hydrogen) atoms. The SMILES string of the molecule is CC(C(=O)O)N1NCCN=C1N. The van der Waals surface area contributed by atoms with Crippen molar-refractivity contribution in [2.75, 3.05) is 13.1 Å². The third-order valence-corrected chi connectivity index (χ3v) is 1.66. The Labute approximate surface area is 70.0 Å². The minimum Gasteiger partial charge on any atom is -0.480 e. The second kappa shape index (κ2) is 3.40. The molecule has 0 radical (unpaired) electrons. The predicted molar refractivity (Wildman–Crippen MR) is 43.4 cm³/mol. The normalized spacial score (nSPS) is 20.1. The monoisotopic (exact) mass is 172 g/mol. The summed E-state index contributed by atoms with van der Waals surface area (Å²) in [7, 11) is 0. The maximum absolute atomic E-state index is 10.6. The van der Waals surface area contributed by atoms with E-state index in [9.17, 15) is 4.79 Å². The van der Waals surface area contributed by atoms with Crippen LogP contribution >= 0.6 is 0 Å². The van der Waals surface area contributed by atoms with Crippen LogP contribution in [0.1, 0.15) is 6.92 Å². The highest BCUT2D eigenvalue weighted by atomic mass is 16.4. The molecule has 1 rings (SSSR count). The van der Waals surface area contributed by atoms with E-state index in [4.69, 9.17) is 10.8 Å². The van der Waals surface area contributed by atoms with Gasteiger partial charge in [-0.15, -0.1) is 0 Å². The molecule has 0 saturated carbocycles. The number of hydrogen-bond acceptors (Lipinski definition) is 5. The van der Waals surface area contributed by atoms with Crippen molar-refractivity contribution in [1.82, 2.24) is 10.4 Å². The van der Waals surface area contributed by atoms with Gasteiger partial charge in [0.25, 0.3) is 0 Å². The molecule has 0 aliphatic carbocycles. The number of aliphatic imine (C=N–C) groups is 1. The lowest BCUT2D eigenvalue weighted by Crippen LogP contribution is -2.57. The number of aliphatic carboxylic acids is 1. The second-order valence-electron chi connectivity index (χ2n) is 2.53. The number of hydrogen-bond donors (Lipinski definition) is 3. The van der Waals surface area contributed by atoms with Crippen LogP contribution in [-0.2, 0) is 4.79 Å². The number of nitrogens with two attached hydrogens (primary N) is 1. The molecular weight excluding hydrogens is 160 g/mol. The minimum atomic E-state index is -0.928. The highest BCUT2D eigenvalue weighted by Gasteiger charge is 2.23. The van der Waals surface area contributed by atoms with Crippen molar-refractivity contribution < 1.29 is 9.90 Å². The zero-order valence-electron chi connectivity index (χ0n) is 6.82. The number of hydrazine groups is 1. The smallest absolute Gasteiger partial charge is 0.327 e. The van der Waals surface area contributed by atoms with E-state index in [0.29, 0.717) is 13.1 Å². The van der Waals surface area contributed by atoms with Gasteiger partial charge in [-0.3, -0.25) is 10.0 Å². The molecule has 1 heterocycles. The van der Waals surface area contributed by atoms with Crippen molar-refractivity contribution in [1.29, 1.82) is 0 Å². The lowest BCUT2D eigenvalue weighted by Gasteiger charge is -2.30. The van der Waals surface area contributed by atoms with Crippen LogP contribution in [0.2, 0.25) is 0 Å². The van der Waals surface area contributed by atoms with Crippen molar-refractivity contribution in [3.8, 4) is 0 Å². The van der Waals surface area contributed by atoms with Gasteiger partial charge in [0, 0.05) is 6.54 Å². The first-order valence-electron chi connectivity index (χ1n) is 3.68. The van der Waals surface area contributed by atoms with Gasteiger partial charge in [0.05, 0.1) is 6.54 Å². The maximum atomic E-state index is 10.6. The Bertz CT molecular complexity index is 216. The first kappa shape index (κ1) is 8.79. The number of rotatable bonds is 2. The lowest BCUT2D eigenvalue weighted by atomic mass is 10.3. The van der Waals surface area contributed by atoms with Gasteiger partial charge >= 0.3 is 5.97 Å². The zero-order chi connectivity index (χ0) is 9.14. The largest absolute Gasteiger partial charge is 0.480 e. The molecule has 0 amide bonds. The number of carbonyl (C=O) groups is 1. The van der Waals surface area contributed by atoms with Gasteiger partial charge in [0.15, 0.2) is 0 Å². The van der Waals surface area contributed by atoms with E-state index in [1.54, 1.807) is 6.92 Å². The van der Waals surface area contributed by atoms with Gasteiger partial charge in [-0.2, -0.15) is 0 Å². The Kier molecular flexibility index (Phi) is 2.49. The van der Waals surface area contributed by atoms with E-state index in [1.807, 2.05) is 0 Å². The maximum Gasteiger partial charge on any atom is 0.327 e. The fraction of sp³-hybridized carbons (Fsp3) is 0.667. The van der Waals surface area contributed by atoms with Crippen molar-refractivity contribution >= 4 is 11.9 Å². The van der Waals surface area contributed by atoms with Crippen LogP contribution in [0.25, 0.3) is 0 Å². The van der Waals surface area contributed by atoms with E-state index in [0.717, 1.165) is 0 Å². The summed E-state index contributed by atoms with van der Waals surface area (Å²) in [5.74, 6) is -0.696. The summed E-state index contributed by atoms with van der Waals surface area (Å²) in [4.78, 5) is 14.5. The van der Waals surface area contributed by atoms with E-state index < -0.39 is 12.0 Å². The average molecular weight is 172 g/mol. The molecule has 1 aliphatic heterocycles. The summed E-state index contributed by atoms with van der Waals surface area (Å²) in [6.07, 6.45) is 0. The molecule has 0 aromatic heterocycles. The highest BCUT2D eigenvalue weighted by Crippen LogP contribution is 1.98. The summed E-state index contributed by atoms with van der Waals surface area (Å²) in [6.45, 7) is 2.76. The highest BCUT2D eigenvalue weighted by molar-refractivity contribution is 5.84. The molecule has 6 heteroatoms. The van der Waals surface area contributed by atoms with Gasteiger partial charge in [-0.05, 0) is 6.92 Å². The van der Waals surface area contributed by atoms with E-state index in [-0.39, 0.29) is 5.96 Å². The first-order chi connectivity index (χ1) is 5.63. The average Bonchev–Trinajstić information content (AvgIpc) is 2.04. The minimum absolute atomic E-state index is 0.233. The molecule has 68 valence electrons. The van der Waals surface area contributed by atoms with Crippen molar-refractivity contribution in [3.05, 3.63) is 0 Å². The van der Waals surface area contributed by atoms with Gasteiger partial charge in [0.2, 0.25) is 5.96 Å². The molecule has 1 aliphatic rings. The van der Waals surface area contributed by atoms with E-state index >= 15 is 0 Å². The quantitative estimate of drug-likeness (QED) is 0.476. The van der Waals surface area contributed by atoms with Crippen LogP contribution < -0.4 is 11.2 Å². The number of guanidine groups is 1. The molecule has 0 aromatic carbocycles. The third kappa shape index (κ3) is 1.65. The van der Waals surface area contributed by atoms with Crippen LogP contribution in [0.4, 0.5) is 0 Å². The fourth-order valence-corrected chi connectivity index (χ4v) is 0.944. The van der Waals surface area contributed by atoms with Gasteiger partial charge in [-0.25, -0.2) is 10.2 Å². The van der Waals surface area contributed by atoms with Crippen LogP contribution in [0.3, 0.4) is 0 Å². The lowest BCUT2D eigenvalue weighted by molar-refractivity contribution is -0.142. The van der Waals surface area contributed by atoms with Crippen LogP contribution in [-0.4, -0.2) is 41.2 Å². The Morgan fingerprint density at radius 3 is 3.08 bits per heavy atom. The summed E-state index contributed by atoms with van der Waals surface area (Å²) >= 11 is 0. The van der Waals surface area contributed by atoms with Crippen molar-refractivity contribution in [2.24, 2.45) is 10.7 Å². The molecule has 4 N–H and O–H groups in total. The van der Waals surface area contributed by atoms with Gasteiger partial charge in [-0.1, -0.05) is 0 Å². The molecule has 0 spiro atoms. The number of nitrogens with one attached hydrogen (secondary N) is 1. The molecule has 0 aromatic rings. The Morgan fingerprint density at radius 2 is 2.58 bits per heavy atom. The molecule has 0 fully saturated rings. The molecule has 0 saturated heterocycles. The standard InChI is InChI=1S/C6H12N4O2/c1-4(5(11)12)10-6(7)8-2-3-9-10/h4,9H,2-3H2,1H3,(H2,7,8)(H,11,12). The summed E-state index contributed by atoms with van der Waals surface area (Å²) < 4.78 is 0. The van der Waals surface area contributed by atoms with Crippen molar-refractivity contribution in [2.45, 2.75) is 13.0 Å². The third-order valence-electron chi connectivity index (χ3n) is 1.66. The summed E-state index contributed by atoms with van der Waals surface area (Å²) in [5, 5.41) is 10.0. The van der Waals surface area contributed by atoms with Crippen LogP contribution in [0.15, 0.2) is 4.99 Å². The van der Waals surface area contributed by atoms with Crippen LogP contribution in [0.5, 0.6) is 0 Å². The van der Waals surface area contributed by atoms with E-state index in [1.165, 1.54) is 5.01 Å². The van der Waals surface area contributed by atoms with Crippen LogP contribution in [0, 0.1) is 0 Å².